The second-order valence-corrected chi connectivity index (χ2v) is 8.27. The molecule has 0 amide bonds. The molecular weight excluding hydrogens is 560 g/mol. The summed E-state index contributed by atoms with van der Waals surface area (Å²) in [5.41, 5.74) is 6.55. The Bertz CT molecular complexity index is 614. The molecule has 0 aliphatic carbocycles. The Balaban J connectivity index is 0. The molecule has 2 aromatic carbocycles. The van der Waals surface area contributed by atoms with Crippen LogP contribution in [0.5, 0.6) is 0 Å². The zero-order valence-corrected chi connectivity index (χ0v) is 20.6. The van der Waals surface area contributed by atoms with Crippen molar-refractivity contribution in [3.8, 4) is 0 Å². The van der Waals surface area contributed by atoms with E-state index in [9.17, 15) is 0 Å². The first-order valence-electron chi connectivity index (χ1n) is 6.89. The number of halogens is 4. The summed E-state index contributed by atoms with van der Waals surface area (Å²) in [6.45, 7) is 10.2. The molecule has 0 bridgehead atoms. The summed E-state index contributed by atoms with van der Waals surface area (Å²) < 4.78 is -1.45. The second-order valence-electron chi connectivity index (χ2n) is 5.61. The van der Waals surface area contributed by atoms with E-state index in [1.54, 1.807) is 6.07 Å². The second kappa shape index (κ2) is 11.5. The van der Waals surface area contributed by atoms with Crippen LogP contribution in [-0.2, 0) is 42.7 Å². The van der Waals surface area contributed by atoms with Gasteiger partial charge in [0.2, 0.25) is 3.79 Å². The number of hydrogen-bond acceptors (Lipinski definition) is 0. The van der Waals surface area contributed by atoms with Crippen LogP contribution < -0.4 is 0 Å². The van der Waals surface area contributed by atoms with Crippen LogP contribution in [0.15, 0.2) is 30.3 Å². The molecule has 0 saturated heterocycles. The van der Waals surface area contributed by atoms with Crippen LogP contribution in [-0.4, -0.2) is 0 Å². The van der Waals surface area contributed by atoms with Crippen molar-refractivity contribution in [1.82, 2.24) is 0 Å². The first-order chi connectivity index (χ1) is 10.0. The Hall–Kier alpha value is 0.847. The average molecular weight is 580 g/mol. The molecule has 0 nitrogen and oxygen atoms in total. The fourth-order valence-electron chi connectivity index (χ4n) is 2.36. The SMILES string of the molecule is Cc1cc(C)c(Cl)c(C(Cl)(Cl)Cl)c1.Cc1cc(C)cc(C)c1.[Ru].[Ru]. The molecule has 24 heavy (non-hydrogen) atoms. The molecule has 0 aliphatic rings. The molecule has 0 atom stereocenters. The third kappa shape index (κ3) is 8.98. The van der Waals surface area contributed by atoms with E-state index in [1.165, 1.54) is 16.7 Å². The maximum atomic E-state index is 6.00. The molecule has 0 saturated carbocycles. The quantitative estimate of drug-likeness (QED) is 0.225. The van der Waals surface area contributed by atoms with Gasteiger partial charge in [-0.25, -0.2) is 0 Å². The summed E-state index contributed by atoms with van der Waals surface area (Å²) in [6, 6.07) is 10.3. The van der Waals surface area contributed by atoms with Crippen molar-refractivity contribution in [1.29, 1.82) is 0 Å². The molecule has 0 unspecified atom stereocenters. The molecule has 0 N–H and O–H groups in total. The molecule has 0 aliphatic heterocycles. The fraction of sp³-hybridized carbons (Fsp3) is 0.333. The Morgan fingerprint density at radius 1 is 0.625 bits per heavy atom. The van der Waals surface area contributed by atoms with Crippen LogP contribution in [0, 0.1) is 34.6 Å². The molecule has 2 aromatic rings. The van der Waals surface area contributed by atoms with Crippen LogP contribution in [0.3, 0.4) is 0 Å². The minimum atomic E-state index is -1.45. The Labute approximate surface area is 191 Å². The van der Waals surface area contributed by atoms with Crippen molar-refractivity contribution in [2.45, 2.75) is 38.4 Å². The summed E-state index contributed by atoms with van der Waals surface area (Å²) >= 11 is 23.3. The van der Waals surface area contributed by atoms with Crippen molar-refractivity contribution in [3.05, 3.63) is 68.7 Å². The van der Waals surface area contributed by atoms with E-state index in [2.05, 4.69) is 39.0 Å². The Morgan fingerprint density at radius 3 is 1.29 bits per heavy atom. The van der Waals surface area contributed by atoms with Gasteiger partial charge in [-0.2, -0.15) is 0 Å². The third-order valence-electron chi connectivity index (χ3n) is 3.07. The number of aryl methyl sites for hydroxylation is 5. The average Bonchev–Trinajstić information content (AvgIpc) is 2.31. The number of hydrogen-bond donors (Lipinski definition) is 0. The van der Waals surface area contributed by atoms with Gasteiger partial charge in [-0.3, -0.25) is 0 Å². The standard InChI is InChI=1S/C9H8Cl4.C9H12.2Ru/c1-5-3-6(2)8(10)7(4-5)9(11,12)13;1-7-4-8(2)6-9(3)5-7;;/h3-4H,1-2H3;4-6H,1-3H3;;. The van der Waals surface area contributed by atoms with Crippen LogP contribution >= 0.6 is 46.4 Å². The van der Waals surface area contributed by atoms with E-state index in [0.29, 0.717) is 10.6 Å². The number of alkyl halides is 3. The van der Waals surface area contributed by atoms with Crippen molar-refractivity contribution in [3.63, 3.8) is 0 Å². The molecule has 0 aromatic heterocycles. The maximum Gasteiger partial charge on any atom is 0.217 e. The Morgan fingerprint density at radius 2 is 0.958 bits per heavy atom. The van der Waals surface area contributed by atoms with Gasteiger partial charge in [-0.15, -0.1) is 0 Å². The van der Waals surface area contributed by atoms with Crippen LogP contribution in [0.25, 0.3) is 0 Å². The molecule has 2 rings (SSSR count). The smallest absolute Gasteiger partial charge is 0.0836 e. The minimum Gasteiger partial charge on any atom is -0.0836 e. The van der Waals surface area contributed by atoms with Gasteiger partial charge in [0.15, 0.2) is 0 Å². The minimum absolute atomic E-state index is 0. The zero-order valence-electron chi connectivity index (χ0n) is 14.1. The van der Waals surface area contributed by atoms with Crippen molar-refractivity contribution >= 4 is 46.4 Å². The van der Waals surface area contributed by atoms with E-state index in [-0.39, 0.29) is 39.0 Å². The van der Waals surface area contributed by atoms with Gasteiger partial charge in [0.25, 0.3) is 0 Å². The summed E-state index contributed by atoms with van der Waals surface area (Å²) in [7, 11) is 0. The van der Waals surface area contributed by atoms with E-state index in [0.717, 1.165) is 11.1 Å². The number of rotatable bonds is 0. The topological polar surface area (TPSA) is 0 Å². The fourth-order valence-corrected chi connectivity index (χ4v) is 3.20. The molecule has 6 heteroatoms. The normalized spacial score (nSPS) is 10.0. The van der Waals surface area contributed by atoms with E-state index in [4.69, 9.17) is 46.4 Å². The molecule has 0 radical (unpaired) electrons. The van der Waals surface area contributed by atoms with Gasteiger partial charge in [0.05, 0.1) is 5.02 Å². The van der Waals surface area contributed by atoms with Crippen LogP contribution in [0.2, 0.25) is 5.02 Å². The third-order valence-corrected chi connectivity index (χ3v) is 4.18. The molecule has 0 fully saturated rings. The first kappa shape index (κ1) is 27.1. The predicted molar refractivity (Wildman–Crippen MR) is 101 cm³/mol. The summed E-state index contributed by atoms with van der Waals surface area (Å²) in [6.07, 6.45) is 0. The van der Waals surface area contributed by atoms with Gasteiger partial charge in [-0.1, -0.05) is 99.0 Å². The van der Waals surface area contributed by atoms with Crippen LogP contribution in [0.4, 0.5) is 0 Å². The summed E-state index contributed by atoms with van der Waals surface area (Å²) in [5, 5.41) is 0.519. The Kier molecular flexibility index (Phi) is 13.0. The van der Waals surface area contributed by atoms with Crippen LogP contribution in [0.1, 0.15) is 33.4 Å². The molecule has 136 valence electrons. The van der Waals surface area contributed by atoms with Crippen molar-refractivity contribution in [2.75, 3.05) is 0 Å². The van der Waals surface area contributed by atoms with Gasteiger partial charge in [0, 0.05) is 44.5 Å². The van der Waals surface area contributed by atoms with Gasteiger partial charge >= 0.3 is 0 Å². The maximum absolute atomic E-state index is 6.00. The summed E-state index contributed by atoms with van der Waals surface area (Å²) in [4.78, 5) is 0. The molecule has 0 spiro atoms. The van der Waals surface area contributed by atoms with Gasteiger partial charge in [-0.05, 0) is 40.2 Å². The monoisotopic (exact) mass is 580 g/mol. The van der Waals surface area contributed by atoms with E-state index in [1.807, 2.05) is 19.9 Å². The summed E-state index contributed by atoms with van der Waals surface area (Å²) in [5.74, 6) is 0. The zero-order chi connectivity index (χ0) is 17.1. The predicted octanol–water partition coefficient (Wildman–Crippen LogP) is 7.39. The first-order valence-corrected chi connectivity index (χ1v) is 8.40. The molecule has 0 heterocycles. The molecular formula is C18H20Cl4Ru2. The van der Waals surface area contributed by atoms with E-state index < -0.39 is 3.79 Å². The van der Waals surface area contributed by atoms with E-state index >= 15 is 0 Å². The largest absolute Gasteiger partial charge is 0.217 e. The number of benzene rings is 2. The van der Waals surface area contributed by atoms with Crippen molar-refractivity contribution in [2.24, 2.45) is 0 Å². The van der Waals surface area contributed by atoms with Gasteiger partial charge < -0.3 is 0 Å². The van der Waals surface area contributed by atoms with Gasteiger partial charge in [0.1, 0.15) is 0 Å². The van der Waals surface area contributed by atoms with Crippen molar-refractivity contribution < 1.29 is 39.0 Å².